The van der Waals surface area contributed by atoms with Gasteiger partial charge in [0.2, 0.25) is 21.1 Å². The number of benzene rings is 1. The lowest BCUT2D eigenvalue weighted by atomic mass is 10.2. The maximum Gasteiger partial charge on any atom is 0.244 e. The van der Waals surface area contributed by atoms with Gasteiger partial charge in [0, 0.05) is 5.92 Å². The first-order chi connectivity index (χ1) is 11.2. The van der Waals surface area contributed by atoms with E-state index in [9.17, 15) is 17.6 Å². The molecule has 1 amide bonds. The van der Waals surface area contributed by atoms with E-state index in [4.69, 9.17) is 0 Å². The summed E-state index contributed by atoms with van der Waals surface area (Å²) in [5.41, 5.74) is 0. The van der Waals surface area contributed by atoms with E-state index in [2.05, 4.69) is 20.2 Å². The Hall–Kier alpha value is -1.91. The van der Waals surface area contributed by atoms with Crippen molar-refractivity contribution >= 4 is 32.4 Å². The molecule has 0 aliphatic heterocycles. The van der Waals surface area contributed by atoms with Crippen LogP contribution in [0.3, 0.4) is 0 Å². The van der Waals surface area contributed by atoms with E-state index >= 15 is 0 Å². The third kappa shape index (κ3) is 4.34. The molecule has 0 bridgehead atoms. The van der Waals surface area contributed by atoms with Gasteiger partial charge in [0.05, 0.1) is 6.04 Å². The Morgan fingerprint density at radius 2 is 1.88 bits per heavy atom. The first-order valence-electron chi connectivity index (χ1n) is 7.12. The molecule has 0 aliphatic carbocycles. The molecule has 0 saturated heterocycles. The van der Waals surface area contributed by atoms with Crippen LogP contribution in [0.15, 0.2) is 29.2 Å². The van der Waals surface area contributed by atoms with Crippen LogP contribution in [-0.2, 0) is 14.8 Å². The van der Waals surface area contributed by atoms with Gasteiger partial charge >= 0.3 is 0 Å². The molecule has 10 heteroatoms. The summed E-state index contributed by atoms with van der Waals surface area (Å²) in [5, 5.41) is 11.3. The number of halogens is 1. The van der Waals surface area contributed by atoms with Crippen LogP contribution in [0.2, 0.25) is 0 Å². The molecule has 1 aromatic heterocycles. The van der Waals surface area contributed by atoms with Gasteiger partial charge in [-0.2, -0.15) is 4.72 Å². The molecule has 0 radical (unpaired) electrons. The molecule has 2 rings (SSSR count). The average molecular weight is 372 g/mol. The summed E-state index contributed by atoms with van der Waals surface area (Å²) in [6.07, 6.45) is 0. The Morgan fingerprint density at radius 1 is 1.21 bits per heavy atom. The molecule has 0 aliphatic rings. The second-order valence-electron chi connectivity index (χ2n) is 5.36. The number of carbonyl (C=O) groups is 1. The highest BCUT2D eigenvalue weighted by Crippen LogP contribution is 2.22. The van der Waals surface area contributed by atoms with Gasteiger partial charge in [0.25, 0.3) is 0 Å². The van der Waals surface area contributed by atoms with Gasteiger partial charge in [-0.25, -0.2) is 12.8 Å². The fraction of sp³-hybridized carbons (Fsp3) is 0.357. The number of hydrogen-bond donors (Lipinski definition) is 2. The summed E-state index contributed by atoms with van der Waals surface area (Å²) in [4.78, 5) is 11.6. The molecule has 1 heterocycles. The summed E-state index contributed by atoms with van der Waals surface area (Å²) < 4.78 is 40.1. The fourth-order valence-electron chi connectivity index (χ4n) is 1.74. The summed E-state index contributed by atoms with van der Waals surface area (Å²) >= 11 is 1.21. The monoisotopic (exact) mass is 372 g/mol. The largest absolute Gasteiger partial charge is 0.299 e. The van der Waals surface area contributed by atoms with E-state index in [1.807, 2.05) is 13.8 Å². The normalized spacial score (nSPS) is 13.0. The van der Waals surface area contributed by atoms with Gasteiger partial charge in [-0.3, -0.25) is 10.1 Å². The van der Waals surface area contributed by atoms with Gasteiger partial charge in [0.15, 0.2) is 0 Å². The minimum atomic E-state index is -4.15. The van der Waals surface area contributed by atoms with Crippen molar-refractivity contribution in [2.75, 3.05) is 5.32 Å². The molecule has 1 aromatic carbocycles. The van der Waals surface area contributed by atoms with Crippen LogP contribution in [0.25, 0.3) is 0 Å². The van der Waals surface area contributed by atoms with Gasteiger partial charge in [-0.15, -0.1) is 10.2 Å². The lowest BCUT2D eigenvalue weighted by molar-refractivity contribution is -0.117. The van der Waals surface area contributed by atoms with Crippen molar-refractivity contribution in [2.45, 2.75) is 37.6 Å². The third-order valence-electron chi connectivity index (χ3n) is 3.02. The van der Waals surface area contributed by atoms with Gasteiger partial charge < -0.3 is 0 Å². The third-order valence-corrected chi connectivity index (χ3v) is 5.73. The molecule has 0 spiro atoms. The Bertz CT molecular complexity index is 836. The zero-order valence-corrected chi connectivity index (χ0v) is 14.9. The maximum absolute atomic E-state index is 13.6. The number of rotatable bonds is 6. The van der Waals surface area contributed by atoms with Crippen molar-refractivity contribution in [3.63, 3.8) is 0 Å². The number of amides is 1. The summed E-state index contributed by atoms with van der Waals surface area (Å²) in [6.45, 7) is 5.24. The molecule has 24 heavy (non-hydrogen) atoms. The van der Waals surface area contributed by atoms with Crippen LogP contribution in [0.5, 0.6) is 0 Å². The molecule has 0 fully saturated rings. The number of anilines is 1. The van der Waals surface area contributed by atoms with Crippen molar-refractivity contribution in [1.82, 2.24) is 14.9 Å². The van der Waals surface area contributed by atoms with E-state index in [0.717, 1.165) is 17.1 Å². The second kappa shape index (κ2) is 7.32. The average Bonchev–Trinajstić information content (AvgIpc) is 2.95. The molecule has 7 nitrogen and oxygen atoms in total. The van der Waals surface area contributed by atoms with Crippen LogP contribution >= 0.6 is 11.3 Å². The van der Waals surface area contributed by atoms with E-state index in [0.29, 0.717) is 0 Å². The molecule has 1 atom stereocenters. The number of hydrogen-bond acceptors (Lipinski definition) is 6. The summed E-state index contributed by atoms with van der Waals surface area (Å²) in [7, 11) is -4.15. The Balaban J connectivity index is 2.06. The molecule has 0 saturated carbocycles. The second-order valence-corrected chi connectivity index (χ2v) is 8.05. The van der Waals surface area contributed by atoms with E-state index in [-0.39, 0.29) is 11.0 Å². The van der Waals surface area contributed by atoms with Crippen LogP contribution in [0.4, 0.5) is 9.52 Å². The quantitative estimate of drug-likeness (QED) is 0.809. The molecular formula is C14H17FN4O3S2. The molecule has 2 N–H and O–H groups in total. The minimum absolute atomic E-state index is 0.171. The Kier molecular flexibility index (Phi) is 5.62. The predicted octanol–water partition coefficient (Wildman–Crippen LogP) is 2.11. The number of nitrogens with zero attached hydrogens (tertiary/aromatic N) is 2. The van der Waals surface area contributed by atoms with Crippen molar-refractivity contribution in [2.24, 2.45) is 0 Å². The van der Waals surface area contributed by atoms with E-state index in [1.165, 1.54) is 30.4 Å². The number of aromatic nitrogens is 2. The molecule has 130 valence electrons. The lowest BCUT2D eigenvalue weighted by Crippen LogP contribution is -2.41. The van der Waals surface area contributed by atoms with Crippen molar-refractivity contribution in [1.29, 1.82) is 0 Å². The molecule has 0 unspecified atom stereocenters. The smallest absolute Gasteiger partial charge is 0.244 e. The molecular weight excluding hydrogens is 355 g/mol. The predicted molar refractivity (Wildman–Crippen MR) is 88.8 cm³/mol. The highest BCUT2D eigenvalue weighted by Gasteiger charge is 2.25. The van der Waals surface area contributed by atoms with Crippen LogP contribution in [0.1, 0.15) is 31.7 Å². The summed E-state index contributed by atoms with van der Waals surface area (Å²) in [6, 6.07) is 3.83. The Labute approximate surface area is 143 Å². The zero-order chi connectivity index (χ0) is 17.9. The topological polar surface area (TPSA) is 101 Å². The van der Waals surface area contributed by atoms with Gasteiger partial charge in [-0.05, 0) is 19.1 Å². The van der Waals surface area contributed by atoms with E-state index in [1.54, 1.807) is 0 Å². The van der Waals surface area contributed by atoms with Crippen LogP contribution in [-0.4, -0.2) is 30.6 Å². The highest BCUT2D eigenvalue weighted by atomic mass is 32.2. The van der Waals surface area contributed by atoms with Crippen LogP contribution < -0.4 is 10.0 Å². The number of carbonyl (C=O) groups excluding carboxylic acids is 1. The zero-order valence-electron chi connectivity index (χ0n) is 13.3. The van der Waals surface area contributed by atoms with E-state index < -0.39 is 32.7 Å². The van der Waals surface area contributed by atoms with Crippen molar-refractivity contribution in [3.05, 3.63) is 35.1 Å². The standard InChI is InChI=1S/C14H17FN4O3S2/c1-8(2)13-17-18-14(23-13)16-12(20)9(3)19-24(21,22)11-7-5-4-6-10(11)15/h4-9,19H,1-3H3,(H,16,18,20)/t9-/m0/s1. The fourth-order valence-corrected chi connectivity index (χ4v) is 3.78. The lowest BCUT2D eigenvalue weighted by Gasteiger charge is -2.13. The first kappa shape index (κ1) is 18.4. The highest BCUT2D eigenvalue weighted by molar-refractivity contribution is 7.89. The molecule has 2 aromatic rings. The number of nitrogens with one attached hydrogen (secondary N) is 2. The van der Waals surface area contributed by atoms with Crippen molar-refractivity contribution in [3.8, 4) is 0 Å². The minimum Gasteiger partial charge on any atom is -0.299 e. The van der Waals surface area contributed by atoms with Crippen LogP contribution in [0, 0.1) is 5.82 Å². The summed E-state index contributed by atoms with van der Waals surface area (Å²) in [5.74, 6) is -1.32. The maximum atomic E-state index is 13.6. The Morgan fingerprint density at radius 3 is 2.46 bits per heavy atom. The van der Waals surface area contributed by atoms with Gasteiger partial charge in [0.1, 0.15) is 15.7 Å². The van der Waals surface area contributed by atoms with Crippen molar-refractivity contribution < 1.29 is 17.6 Å². The number of sulfonamides is 1. The van der Waals surface area contributed by atoms with Gasteiger partial charge in [-0.1, -0.05) is 37.3 Å². The SMILES string of the molecule is CC(C)c1nnc(NC(=O)[C@H](C)NS(=O)(=O)c2ccccc2F)s1. The first-order valence-corrected chi connectivity index (χ1v) is 9.42.